The largest absolute Gasteiger partial charge is 0.308 e. The lowest BCUT2D eigenvalue weighted by atomic mass is 9.84. The van der Waals surface area contributed by atoms with Gasteiger partial charge in [-0.25, -0.2) is 0 Å². The third kappa shape index (κ3) is 5.49. The summed E-state index contributed by atoms with van der Waals surface area (Å²) in [6, 6.07) is 57.2. The molecule has 13 rings (SSSR count). The first-order valence-electron chi connectivity index (χ1n) is 22.2. The second kappa shape index (κ2) is 14.6. The van der Waals surface area contributed by atoms with Gasteiger partial charge < -0.3 is 8.80 Å². The topological polar surface area (TPSA) is 111 Å². The van der Waals surface area contributed by atoms with E-state index in [1.54, 1.807) is 121 Å². The van der Waals surface area contributed by atoms with E-state index in [-0.39, 0.29) is 44.4 Å². The Morgan fingerprint density at radius 2 is 0.618 bits per heavy atom. The van der Waals surface area contributed by atoms with Gasteiger partial charge in [0.2, 0.25) is 0 Å². The van der Waals surface area contributed by atoms with Crippen molar-refractivity contribution in [3.63, 3.8) is 0 Å². The van der Waals surface area contributed by atoms with E-state index in [9.17, 15) is 19.2 Å². The third-order valence-corrected chi connectivity index (χ3v) is 13.6. The van der Waals surface area contributed by atoms with E-state index in [1.165, 1.54) is 0 Å². The predicted octanol–water partition coefficient (Wildman–Crippen LogP) is 11.2. The highest BCUT2D eigenvalue weighted by Crippen LogP contribution is 2.38. The Labute approximate surface area is 384 Å². The van der Waals surface area contributed by atoms with Crippen LogP contribution in [0.4, 0.5) is 0 Å². The summed E-state index contributed by atoms with van der Waals surface area (Å²) in [5, 5.41) is 3.41. The lowest BCUT2D eigenvalue weighted by Gasteiger charge is -2.19. The van der Waals surface area contributed by atoms with E-state index < -0.39 is 0 Å². The number of carbonyl (C=O) groups excluding carboxylic acids is 2. The maximum absolute atomic E-state index is 15.0. The number of hydrogen-bond acceptors (Lipinski definition) is 6. The van der Waals surface area contributed by atoms with Crippen LogP contribution in [0.1, 0.15) is 31.8 Å². The summed E-state index contributed by atoms with van der Waals surface area (Å²) in [6.45, 7) is 0. The number of carbonyl (C=O) groups is 2. The van der Waals surface area contributed by atoms with E-state index in [2.05, 4.69) is 0 Å². The smallest absolute Gasteiger partial charge is 0.197 e. The van der Waals surface area contributed by atoms with Crippen molar-refractivity contribution in [2.75, 3.05) is 0 Å². The molecule has 0 fully saturated rings. The number of nitrogens with zero attached hydrogens (tertiary/aromatic N) is 2. The first kappa shape index (κ1) is 39.0. The third-order valence-electron chi connectivity index (χ3n) is 13.6. The van der Waals surface area contributed by atoms with Gasteiger partial charge in [0.15, 0.2) is 33.3 Å². The quantitative estimate of drug-likeness (QED) is 0.0934. The highest BCUT2D eigenvalue weighted by atomic mass is 16.1. The van der Waals surface area contributed by atoms with Crippen LogP contribution in [0.25, 0.3) is 98.4 Å². The van der Waals surface area contributed by atoms with Crippen molar-refractivity contribution in [1.29, 1.82) is 0 Å². The van der Waals surface area contributed by atoms with Gasteiger partial charge in [-0.3, -0.25) is 28.8 Å². The molecule has 0 spiro atoms. The number of ketones is 2. The first-order chi connectivity index (χ1) is 33.3. The number of fused-ring (bicyclic) bond motifs is 8. The van der Waals surface area contributed by atoms with Gasteiger partial charge in [0.25, 0.3) is 0 Å². The summed E-state index contributed by atoms with van der Waals surface area (Å²) < 4.78 is 3.92. The van der Waals surface area contributed by atoms with Gasteiger partial charge in [-0.2, -0.15) is 0 Å². The van der Waals surface area contributed by atoms with Gasteiger partial charge in [0.1, 0.15) is 0 Å². The van der Waals surface area contributed by atoms with Crippen LogP contribution in [-0.2, 0) is 0 Å². The van der Waals surface area contributed by atoms with Gasteiger partial charge in [-0.1, -0.05) is 109 Å². The lowest BCUT2D eigenvalue weighted by Crippen LogP contribution is -2.14. The maximum atomic E-state index is 15.0. The summed E-state index contributed by atoms with van der Waals surface area (Å²) in [5.41, 5.74) is 5.98. The highest BCUT2D eigenvalue weighted by molar-refractivity contribution is 6.19. The Morgan fingerprint density at radius 3 is 1.01 bits per heavy atom. The molecule has 68 heavy (non-hydrogen) atoms. The second-order valence-electron chi connectivity index (χ2n) is 17.2. The summed E-state index contributed by atoms with van der Waals surface area (Å²) in [5.74, 6) is -0.624. The highest BCUT2D eigenvalue weighted by Gasteiger charge is 2.26. The Hall–Kier alpha value is -9.40. The van der Waals surface area contributed by atoms with Crippen LogP contribution in [0.2, 0.25) is 0 Å². The van der Waals surface area contributed by atoms with Crippen molar-refractivity contribution >= 4 is 87.8 Å². The van der Waals surface area contributed by atoms with E-state index in [0.29, 0.717) is 110 Å². The molecule has 0 aliphatic heterocycles. The Balaban J connectivity index is 1.12. The fourth-order valence-corrected chi connectivity index (χ4v) is 10.4. The molecule has 8 heteroatoms. The van der Waals surface area contributed by atoms with Crippen LogP contribution in [-0.4, -0.2) is 20.4 Å². The molecule has 318 valence electrons. The molecule has 0 atom stereocenters. The Kier molecular flexibility index (Phi) is 8.35. The maximum Gasteiger partial charge on any atom is 0.197 e. The van der Waals surface area contributed by atoms with Gasteiger partial charge >= 0.3 is 0 Å². The van der Waals surface area contributed by atoms with Crippen molar-refractivity contribution in [1.82, 2.24) is 8.80 Å². The molecule has 0 N–H and O–H groups in total. The molecule has 9 aromatic carbocycles. The molecule has 8 nitrogen and oxygen atoms in total. The van der Waals surface area contributed by atoms with E-state index in [0.717, 1.165) is 0 Å². The molecular formula is C60H32N2O6. The molecule has 0 radical (unpaired) electrons. The first-order valence-corrected chi connectivity index (χ1v) is 22.2. The van der Waals surface area contributed by atoms with Crippen LogP contribution in [0.3, 0.4) is 0 Å². The zero-order valence-corrected chi connectivity index (χ0v) is 35.8. The monoisotopic (exact) mass is 876 g/mol. The van der Waals surface area contributed by atoms with Crippen molar-refractivity contribution in [3.05, 3.63) is 257 Å². The number of aromatic nitrogens is 2. The number of para-hydroxylation sites is 4. The SMILES string of the molecule is O=C(c1ccccc1)c1cc(-c2ccc3c(c2)c(=O)c2cccc4c(=O)c5ccccc5n3c42)c(C(=O)c2ccccc2)cc1-c1ccc2c(c1)c(=O)c1cccc3c(=O)c4ccccc4n2c31. The van der Waals surface area contributed by atoms with Crippen molar-refractivity contribution in [3.8, 4) is 22.3 Å². The Morgan fingerprint density at radius 1 is 0.294 bits per heavy atom. The molecule has 0 saturated carbocycles. The average Bonchev–Trinajstić information content (AvgIpc) is 3.40. The number of pyridine rings is 4. The zero-order chi connectivity index (χ0) is 45.9. The summed E-state index contributed by atoms with van der Waals surface area (Å²) >= 11 is 0. The molecule has 4 aromatic heterocycles. The lowest BCUT2D eigenvalue weighted by molar-refractivity contribution is 0.102. The van der Waals surface area contributed by atoms with Gasteiger partial charge in [0, 0.05) is 65.3 Å². The zero-order valence-electron chi connectivity index (χ0n) is 35.8. The summed E-state index contributed by atoms with van der Waals surface area (Å²) in [4.78, 5) is 86.8. The molecule has 4 heterocycles. The van der Waals surface area contributed by atoms with Crippen LogP contribution in [0.15, 0.2) is 213 Å². The number of benzene rings is 9. The molecule has 0 saturated heterocycles. The fraction of sp³-hybridized carbons (Fsp3) is 0. The molecule has 13 aromatic rings. The molecule has 0 unspecified atom stereocenters. The molecule has 0 aliphatic rings. The summed E-state index contributed by atoms with van der Waals surface area (Å²) in [6.07, 6.45) is 0. The predicted molar refractivity (Wildman–Crippen MR) is 271 cm³/mol. The van der Waals surface area contributed by atoms with E-state index >= 15 is 9.59 Å². The average molecular weight is 877 g/mol. The second-order valence-corrected chi connectivity index (χ2v) is 17.2. The van der Waals surface area contributed by atoms with Crippen molar-refractivity contribution in [2.45, 2.75) is 0 Å². The minimum absolute atomic E-state index is 0.156. The van der Waals surface area contributed by atoms with Gasteiger partial charge in [0.05, 0.1) is 33.1 Å². The fourth-order valence-electron chi connectivity index (χ4n) is 10.4. The Bertz CT molecular complexity index is 4320. The molecule has 0 aliphatic carbocycles. The summed E-state index contributed by atoms with van der Waals surface area (Å²) in [7, 11) is 0. The van der Waals surface area contributed by atoms with Crippen molar-refractivity contribution < 1.29 is 9.59 Å². The molecular weight excluding hydrogens is 845 g/mol. The molecule has 0 bridgehead atoms. The number of rotatable bonds is 6. The normalized spacial score (nSPS) is 11.9. The van der Waals surface area contributed by atoms with E-state index in [1.807, 2.05) is 81.6 Å². The number of hydrogen-bond donors (Lipinski definition) is 0. The van der Waals surface area contributed by atoms with Gasteiger partial charge in [-0.05, 0) is 107 Å². The van der Waals surface area contributed by atoms with Crippen LogP contribution in [0.5, 0.6) is 0 Å². The standard InChI is InChI=1S/C60H32N2O6/c63-55(33-13-3-1-4-14-33)45-31-44(36-26-28-52-48(30-36)60(68)42-22-12-20-40-54(42)62(52)50-24-10-8-18-38(50)58(40)66)46(56(64)34-15-5-2-6-16-34)32-43(45)35-25-27-51-47(29-35)59(67)41-21-11-19-39-53(41)61(51)49-23-9-7-17-37(49)57(39)65/h1-32H. The van der Waals surface area contributed by atoms with Crippen molar-refractivity contribution in [2.24, 2.45) is 0 Å². The minimum Gasteiger partial charge on any atom is -0.308 e. The minimum atomic E-state index is -0.312. The van der Waals surface area contributed by atoms with E-state index in [4.69, 9.17) is 0 Å². The van der Waals surface area contributed by atoms with Crippen LogP contribution >= 0.6 is 0 Å². The van der Waals surface area contributed by atoms with Crippen LogP contribution < -0.4 is 21.7 Å². The molecule has 0 amide bonds. The van der Waals surface area contributed by atoms with Crippen LogP contribution in [0, 0.1) is 0 Å². The van der Waals surface area contributed by atoms with Gasteiger partial charge in [-0.15, -0.1) is 0 Å².